The Morgan fingerprint density at radius 3 is 2.07 bits per heavy atom. The van der Waals surface area contributed by atoms with Gasteiger partial charge in [-0.3, -0.25) is 0 Å². The molecule has 6 N–H and O–H groups in total. The molecule has 4 rings (SSSR count). The molecule has 30 heavy (non-hydrogen) atoms. The minimum Gasteiger partial charge on any atom is -0.505 e. The predicted molar refractivity (Wildman–Crippen MR) is 115 cm³/mol. The molecule has 0 radical (unpaired) electrons. The summed E-state index contributed by atoms with van der Waals surface area (Å²) >= 11 is 0. The van der Waals surface area contributed by atoms with E-state index in [2.05, 4.69) is 36.2 Å². The first-order valence-corrected chi connectivity index (χ1v) is 11.0. The van der Waals surface area contributed by atoms with Gasteiger partial charge in [-0.15, -0.1) is 0 Å². The number of hydrogen-bond donors (Lipinski definition) is 5. The van der Waals surface area contributed by atoms with Gasteiger partial charge in [-0.25, -0.2) is 4.39 Å². The van der Waals surface area contributed by atoms with Crippen LogP contribution in [0.2, 0.25) is 0 Å². The van der Waals surface area contributed by atoms with E-state index in [1.807, 2.05) is 0 Å². The molecular weight excluding hydrogens is 385 g/mol. The number of nitrogens with one attached hydrogen (secondary N) is 3. The van der Waals surface area contributed by atoms with Crippen LogP contribution < -0.4 is 21.3 Å². The van der Waals surface area contributed by atoms with E-state index in [0.717, 1.165) is 38.8 Å². The quantitative estimate of drug-likeness (QED) is 0.364. The van der Waals surface area contributed by atoms with Crippen molar-refractivity contribution < 1.29 is 14.8 Å². The average molecular weight is 417 g/mol. The number of phenolic OH excluding ortho intramolecular Hbond substituents is 1. The zero-order valence-corrected chi connectivity index (χ0v) is 17.2. The number of aromatic hydroxyl groups is 1. The maximum Gasteiger partial charge on any atom is 0.233 e. The minimum absolute atomic E-state index is 0.335. The number of hydrogen-bond acceptors (Lipinski definition) is 7. The lowest BCUT2D eigenvalue weighted by molar-refractivity contribution is -0.662. The van der Waals surface area contributed by atoms with Gasteiger partial charge in [-0.2, -0.15) is 15.0 Å². The van der Waals surface area contributed by atoms with Crippen LogP contribution in [-0.2, 0) is 0 Å². The topological polar surface area (TPSA) is 112 Å². The van der Waals surface area contributed by atoms with Crippen LogP contribution in [0.1, 0.15) is 51.4 Å². The molecule has 9 heteroatoms. The van der Waals surface area contributed by atoms with E-state index in [0.29, 0.717) is 35.6 Å². The molecule has 1 aromatic carbocycles. The van der Waals surface area contributed by atoms with Crippen LogP contribution in [0.4, 0.5) is 27.9 Å². The van der Waals surface area contributed by atoms with Gasteiger partial charge in [0.25, 0.3) is 0 Å². The third kappa shape index (κ3) is 5.69. The number of phenols is 1. The summed E-state index contributed by atoms with van der Waals surface area (Å²) in [4.78, 5) is 13.6. The van der Waals surface area contributed by atoms with Gasteiger partial charge in [0.15, 0.2) is 11.6 Å². The van der Waals surface area contributed by atoms with Crippen molar-refractivity contribution in [3.05, 3.63) is 24.0 Å². The Hall–Kier alpha value is -2.68. The maximum atomic E-state index is 13.7. The summed E-state index contributed by atoms with van der Waals surface area (Å²) in [5.41, 5.74) is 0.468. The molecule has 0 atom stereocenters. The fourth-order valence-corrected chi connectivity index (χ4v) is 4.13. The fraction of sp³-hybridized carbons (Fsp3) is 0.571. The summed E-state index contributed by atoms with van der Waals surface area (Å²) < 4.78 is 13.7. The van der Waals surface area contributed by atoms with Crippen LogP contribution in [-0.4, -0.2) is 45.2 Å². The highest BCUT2D eigenvalue weighted by Gasteiger charge is 2.19. The second kappa shape index (κ2) is 9.88. The van der Waals surface area contributed by atoms with Crippen molar-refractivity contribution in [2.75, 3.05) is 29.0 Å². The Bertz CT molecular complexity index is 836. The molecule has 1 saturated heterocycles. The first-order chi connectivity index (χ1) is 14.7. The molecule has 2 fully saturated rings. The van der Waals surface area contributed by atoms with E-state index in [-0.39, 0.29) is 5.75 Å². The van der Waals surface area contributed by atoms with Gasteiger partial charge >= 0.3 is 0 Å². The number of nitrogens with two attached hydrogens (primary N) is 1. The van der Waals surface area contributed by atoms with E-state index in [4.69, 9.17) is 0 Å². The third-order valence-corrected chi connectivity index (χ3v) is 5.80. The number of anilines is 4. The molecule has 0 unspecified atom stereocenters. The first kappa shape index (κ1) is 20.6. The van der Waals surface area contributed by atoms with E-state index >= 15 is 0 Å². The molecular formula is C21H31FN7O+. The average Bonchev–Trinajstić information content (AvgIpc) is 3.00. The summed E-state index contributed by atoms with van der Waals surface area (Å²) in [5.74, 6) is 0.320. The first-order valence-electron chi connectivity index (χ1n) is 11.0. The lowest BCUT2D eigenvalue weighted by Gasteiger charge is -2.22. The smallest absolute Gasteiger partial charge is 0.233 e. The second-order valence-electron chi connectivity index (χ2n) is 8.21. The number of quaternary nitrogens is 1. The van der Waals surface area contributed by atoms with E-state index < -0.39 is 5.82 Å². The molecule has 1 aromatic heterocycles. The summed E-state index contributed by atoms with van der Waals surface area (Å²) in [6.07, 6.45) is 9.32. The number of benzene rings is 1. The molecule has 1 saturated carbocycles. The Labute approximate surface area is 176 Å². The van der Waals surface area contributed by atoms with Crippen molar-refractivity contribution in [2.45, 2.75) is 63.5 Å². The van der Waals surface area contributed by atoms with Crippen molar-refractivity contribution in [3.8, 4) is 5.75 Å². The SMILES string of the molecule is Oc1ccc(Nc2nc(NC3CCCCCC3)nc(NC3CC[NH2+]CC3)n2)cc1F. The number of rotatable bonds is 6. The zero-order valence-electron chi connectivity index (χ0n) is 17.2. The van der Waals surface area contributed by atoms with Gasteiger partial charge in [-0.05, 0) is 25.0 Å². The molecule has 2 aliphatic rings. The largest absolute Gasteiger partial charge is 0.505 e. The van der Waals surface area contributed by atoms with Gasteiger partial charge < -0.3 is 26.4 Å². The molecule has 2 heterocycles. The highest BCUT2D eigenvalue weighted by Crippen LogP contribution is 2.24. The molecule has 1 aliphatic heterocycles. The van der Waals surface area contributed by atoms with Crippen molar-refractivity contribution in [2.24, 2.45) is 0 Å². The van der Waals surface area contributed by atoms with Crippen LogP contribution in [0.15, 0.2) is 18.2 Å². The lowest BCUT2D eigenvalue weighted by Crippen LogP contribution is -2.87. The summed E-state index contributed by atoms with van der Waals surface area (Å²) in [7, 11) is 0. The van der Waals surface area contributed by atoms with Crippen molar-refractivity contribution >= 4 is 23.5 Å². The highest BCUT2D eigenvalue weighted by atomic mass is 19.1. The Morgan fingerprint density at radius 2 is 1.43 bits per heavy atom. The summed E-state index contributed by atoms with van der Waals surface area (Å²) in [6.45, 7) is 2.18. The number of piperidine rings is 1. The number of halogens is 1. The predicted octanol–water partition coefficient (Wildman–Crippen LogP) is 2.73. The van der Waals surface area contributed by atoms with Crippen molar-refractivity contribution in [1.82, 2.24) is 15.0 Å². The molecule has 1 aliphatic carbocycles. The standard InChI is InChI=1S/C21H30FN7O/c22-17-13-16(7-8-18(17)30)26-21-28-19(24-14-5-3-1-2-4-6-14)27-20(29-21)25-15-9-11-23-12-10-15/h7-8,13-15,23,30H,1-6,9-12H2,(H3,24,25,26,27,28,29)/p+1. The van der Waals surface area contributed by atoms with Crippen LogP contribution in [0.5, 0.6) is 5.75 Å². The monoisotopic (exact) mass is 416 g/mol. The Balaban J connectivity index is 1.54. The van der Waals surface area contributed by atoms with Gasteiger partial charge in [0.05, 0.1) is 13.1 Å². The molecule has 2 aromatic rings. The molecule has 162 valence electrons. The normalized spacial score (nSPS) is 18.6. The van der Waals surface area contributed by atoms with Crippen LogP contribution >= 0.6 is 0 Å². The van der Waals surface area contributed by atoms with E-state index in [9.17, 15) is 9.50 Å². The Morgan fingerprint density at radius 1 is 0.833 bits per heavy atom. The zero-order chi connectivity index (χ0) is 20.8. The van der Waals surface area contributed by atoms with Gasteiger partial charge in [0, 0.05) is 36.7 Å². The fourth-order valence-electron chi connectivity index (χ4n) is 4.13. The number of nitrogens with zero attached hydrogens (tertiary/aromatic N) is 3. The van der Waals surface area contributed by atoms with Crippen LogP contribution in [0.25, 0.3) is 0 Å². The van der Waals surface area contributed by atoms with Gasteiger partial charge in [0.1, 0.15) is 0 Å². The maximum absolute atomic E-state index is 13.7. The van der Waals surface area contributed by atoms with E-state index in [1.54, 1.807) is 6.07 Å². The second-order valence-corrected chi connectivity index (χ2v) is 8.21. The Kier molecular flexibility index (Phi) is 6.78. The summed E-state index contributed by atoms with van der Waals surface area (Å²) in [6, 6.07) is 4.81. The lowest BCUT2D eigenvalue weighted by atomic mass is 10.1. The highest BCUT2D eigenvalue weighted by molar-refractivity contribution is 5.57. The van der Waals surface area contributed by atoms with Crippen LogP contribution in [0, 0.1) is 5.82 Å². The molecule has 0 spiro atoms. The van der Waals surface area contributed by atoms with Gasteiger partial charge in [0.2, 0.25) is 17.8 Å². The van der Waals surface area contributed by atoms with Crippen LogP contribution in [0.3, 0.4) is 0 Å². The third-order valence-electron chi connectivity index (χ3n) is 5.80. The molecule has 8 nitrogen and oxygen atoms in total. The number of aromatic nitrogens is 3. The van der Waals surface area contributed by atoms with Crippen molar-refractivity contribution in [3.63, 3.8) is 0 Å². The molecule has 0 amide bonds. The van der Waals surface area contributed by atoms with Crippen molar-refractivity contribution in [1.29, 1.82) is 0 Å². The minimum atomic E-state index is -0.692. The van der Waals surface area contributed by atoms with E-state index in [1.165, 1.54) is 37.8 Å². The summed E-state index contributed by atoms with van der Waals surface area (Å²) in [5, 5.41) is 21.7. The van der Waals surface area contributed by atoms with Gasteiger partial charge in [-0.1, -0.05) is 25.7 Å². The molecule has 0 bridgehead atoms.